The zero-order chi connectivity index (χ0) is 13.7. The molecule has 2 heteroatoms. The van der Waals surface area contributed by atoms with Crippen LogP contribution >= 0.6 is 0 Å². The van der Waals surface area contributed by atoms with E-state index in [1.807, 2.05) is 24.3 Å². The van der Waals surface area contributed by atoms with Gasteiger partial charge in [-0.15, -0.1) is 0 Å². The fourth-order valence-electron chi connectivity index (χ4n) is 2.23. The number of nitrogens with one attached hydrogen (secondary N) is 1. The lowest BCUT2D eigenvalue weighted by molar-refractivity contribution is 1.09. The van der Waals surface area contributed by atoms with E-state index >= 15 is 0 Å². The Kier molecular flexibility index (Phi) is 4.20. The monoisotopic (exact) mass is 250 g/mol. The summed E-state index contributed by atoms with van der Waals surface area (Å²) in [4.78, 5) is 0. The summed E-state index contributed by atoms with van der Waals surface area (Å²) in [5, 5.41) is 12.6. The Morgan fingerprint density at radius 2 is 1.58 bits per heavy atom. The molecule has 0 aliphatic carbocycles. The van der Waals surface area contributed by atoms with Gasteiger partial charge < -0.3 is 5.32 Å². The summed E-state index contributed by atoms with van der Waals surface area (Å²) in [7, 11) is 0. The van der Waals surface area contributed by atoms with Gasteiger partial charge in [0.25, 0.3) is 0 Å². The first-order valence-electron chi connectivity index (χ1n) is 6.67. The zero-order valence-electron chi connectivity index (χ0n) is 11.4. The van der Waals surface area contributed by atoms with Crippen molar-refractivity contribution in [1.29, 1.82) is 5.26 Å². The Morgan fingerprint density at radius 3 is 2.16 bits per heavy atom. The molecule has 0 saturated carbocycles. The van der Waals surface area contributed by atoms with E-state index < -0.39 is 0 Å². The first kappa shape index (κ1) is 13.2. The van der Waals surface area contributed by atoms with Crippen molar-refractivity contribution in [2.45, 2.75) is 26.7 Å². The molecule has 0 unspecified atom stereocenters. The third-order valence-corrected chi connectivity index (χ3v) is 3.31. The number of para-hydroxylation sites is 2. The molecule has 2 nitrogen and oxygen atoms in total. The molecule has 0 atom stereocenters. The molecule has 0 spiro atoms. The van der Waals surface area contributed by atoms with Gasteiger partial charge in [-0.05, 0) is 36.1 Å². The van der Waals surface area contributed by atoms with Gasteiger partial charge in [-0.3, -0.25) is 0 Å². The van der Waals surface area contributed by atoms with Crippen molar-refractivity contribution in [3.8, 4) is 6.07 Å². The fraction of sp³-hybridized carbons (Fsp3) is 0.235. The van der Waals surface area contributed by atoms with Gasteiger partial charge in [-0.25, -0.2) is 0 Å². The summed E-state index contributed by atoms with van der Waals surface area (Å²) in [6.45, 7) is 4.30. The molecule has 0 fully saturated rings. The SMILES string of the molecule is CCc1cccc(CC)c1Nc1ccccc1C#N. The molecule has 2 aromatic rings. The molecule has 1 N–H and O–H groups in total. The number of benzene rings is 2. The molecule has 0 radical (unpaired) electrons. The maximum atomic E-state index is 9.16. The van der Waals surface area contributed by atoms with Crippen LogP contribution in [0.15, 0.2) is 42.5 Å². The van der Waals surface area contributed by atoms with Crippen LogP contribution < -0.4 is 5.32 Å². The maximum Gasteiger partial charge on any atom is 0.101 e. The van der Waals surface area contributed by atoms with Crippen LogP contribution in [0.1, 0.15) is 30.5 Å². The summed E-state index contributed by atoms with van der Waals surface area (Å²) in [6.07, 6.45) is 1.95. The zero-order valence-corrected chi connectivity index (χ0v) is 11.4. The number of rotatable bonds is 4. The van der Waals surface area contributed by atoms with Gasteiger partial charge in [0.2, 0.25) is 0 Å². The Labute approximate surface area is 114 Å². The third-order valence-electron chi connectivity index (χ3n) is 3.31. The smallest absolute Gasteiger partial charge is 0.101 e. The molecule has 2 rings (SSSR count). The summed E-state index contributed by atoms with van der Waals surface area (Å²) < 4.78 is 0. The second kappa shape index (κ2) is 6.06. The van der Waals surface area contributed by atoms with Crippen LogP contribution in [-0.2, 0) is 12.8 Å². The van der Waals surface area contributed by atoms with Crippen molar-refractivity contribution in [3.63, 3.8) is 0 Å². The van der Waals surface area contributed by atoms with E-state index in [1.54, 1.807) is 0 Å². The summed E-state index contributed by atoms with van der Waals surface area (Å²) >= 11 is 0. The van der Waals surface area contributed by atoms with Gasteiger partial charge >= 0.3 is 0 Å². The first-order valence-corrected chi connectivity index (χ1v) is 6.67. The Balaban J connectivity index is 2.46. The van der Waals surface area contributed by atoms with Crippen LogP contribution in [0.25, 0.3) is 0 Å². The third kappa shape index (κ3) is 2.77. The van der Waals surface area contributed by atoms with Gasteiger partial charge in [-0.1, -0.05) is 44.2 Å². The average molecular weight is 250 g/mol. The highest BCUT2D eigenvalue weighted by Gasteiger charge is 2.08. The maximum absolute atomic E-state index is 9.16. The van der Waals surface area contributed by atoms with E-state index in [2.05, 4.69) is 43.4 Å². The fourth-order valence-corrected chi connectivity index (χ4v) is 2.23. The van der Waals surface area contributed by atoms with E-state index in [-0.39, 0.29) is 0 Å². The predicted octanol–water partition coefficient (Wildman–Crippen LogP) is 4.43. The van der Waals surface area contributed by atoms with Gasteiger partial charge in [0.15, 0.2) is 0 Å². The Hall–Kier alpha value is -2.27. The molecule has 2 aromatic carbocycles. The van der Waals surface area contributed by atoms with E-state index in [4.69, 9.17) is 5.26 Å². The summed E-state index contributed by atoms with van der Waals surface area (Å²) in [5.41, 5.74) is 5.27. The van der Waals surface area contributed by atoms with E-state index in [0.717, 1.165) is 24.2 Å². The quantitative estimate of drug-likeness (QED) is 0.871. The highest BCUT2D eigenvalue weighted by molar-refractivity contribution is 5.71. The van der Waals surface area contributed by atoms with Gasteiger partial charge in [-0.2, -0.15) is 5.26 Å². The molecule has 0 saturated heterocycles. The first-order chi connectivity index (χ1) is 9.30. The van der Waals surface area contributed by atoms with E-state index in [1.165, 1.54) is 11.1 Å². The minimum absolute atomic E-state index is 0.676. The van der Waals surface area contributed by atoms with Crippen LogP contribution in [0.4, 0.5) is 11.4 Å². The standard InChI is InChI=1S/C17H18N2/c1-3-13-9-7-10-14(4-2)17(13)19-16-11-6-5-8-15(16)12-18/h5-11,19H,3-4H2,1-2H3. The molecule has 0 aromatic heterocycles. The summed E-state index contributed by atoms with van der Waals surface area (Å²) in [6, 6.07) is 16.2. The van der Waals surface area contributed by atoms with Crippen molar-refractivity contribution in [2.24, 2.45) is 0 Å². The molecule has 0 aliphatic heterocycles. The topological polar surface area (TPSA) is 35.8 Å². The predicted molar refractivity (Wildman–Crippen MR) is 79.6 cm³/mol. The number of anilines is 2. The van der Waals surface area contributed by atoms with Crippen molar-refractivity contribution in [1.82, 2.24) is 0 Å². The molecule has 96 valence electrons. The van der Waals surface area contributed by atoms with E-state index in [0.29, 0.717) is 5.56 Å². The van der Waals surface area contributed by atoms with Crippen molar-refractivity contribution in [3.05, 3.63) is 59.2 Å². The normalized spacial score (nSPS) is 9.95. The number of nitriles is 1. The van der Waals surface area contributed by atoms with E-state index in [9.17, 15) is 0 Å². The molecule has 0 bridgehead atoms. The number of hydrogen-bond donors (Lipinski definition) is 1. The van der Waals surface area contributed by atoms with Crippen molar-refractivity contribution in [2.75, 3.05) is 5.32 Å². The molecular formula is C17H18N2. The van der Waals surface area contributed by atoms with Gasteiger partial charge in [0.1, 0.15) is 6.07 Å². The van der Waals surface area contributed by atoms with Gasteiger partial charge in [0.05, 0.1) is 11.3 Å². The van der Waals surface area contributed by atoms with Crippen molar-refractivity contribution >= 4 is 11.4 Å². The largest absolute Gasteiger partial charge is 0.354 e. The number of nitrogens with zero attached hydrogens (tertiary/aromatic N) is 1. The van der Waals surface area contributed by atoms with Crippen LogP contribution in [-0.4, -0.2) is 0 Å². The molecule has 19 heavy (non-hydrogen) atoms. The summed E-state index contributed by atoms with van der Waals surface area (Å²) in [5.74, 6) is 0. The molecule has 0 heterocycles. The lowest BCUT2D eigenvalue weighted by atomic mass is 10.0. The Morgan fingerprint density at radius 1 is 0.947 bits per heavy atom. The molecular weight excluding hydrogens is 232 g/mol. The van der Waals surface area contributed by atoms with Gasteiger partial charge in [0, 0.05) is 5.69 Å². The highest BCUT2D eigenvalue weighted by Crippen LogP contribution is 2.27. The second-order valence-corrected chi connectivity index (χ2v) is 4.44. The van der Waals surface area contributed by atoms with Crippen LogP contribution in [0.2, 0.25) is 0 Å². The molecule has 0 aliphatic rings. The minimum atomic E-state index is 0.676. The highest BCUT2D eigenvalue weighted by atomic mass is 14.9. The van der Waals surface area contributed by atoms with Crippen molar-refractivity contribution < 1.29 is 0 Å². The lowest BCUT2D eigenvalue weighted by Crippen LogP contribution is -2.01. The number of hydrogen-bond acceptors (Lipinski definition) is 2. The van der Waals surface area contributed by atoms with Crippen LogP contribution in [0.5, 0.6) is 0 Å². The van der Waals surface area contributed by atoms with Crippen LogP contribution in [0, 0.1) is 11.3 Å². The minimum Gasteiger partial charge on any atom is -0.354 e. The average Bonchev–Trinajstić information content (AvgIpc) is 2.48. The Bertz CT molecular complexity index is 587. The number of aryl methyl sites for hydroxylation is 2. The lowest BCUT2D eigenvalue weighted by Gasteiger charge is -2.16. The molecule has 0 amide bonds. The second-order valence-electron chi connectivity index (χ2n) is 4.44. The van der Waals surface area contributed by atoms with Crippen LogP contribution in [0.3, 0.4) is 0 Å².